The predicted molar refractivity (Wildman–Crippen MR) is 43.9 cm³/mol. The average molecular weight is 172 g/mol. The molecule has 0 saturated heterocycles. The number of benzene rings is 1. The Balaban J connectivity index is 3.32. The fraction of sp³-hybridized carbons (Fsp3) is 0.125. The summed E-state index contributed by atoms with van der Waals surface area (Å²) in [5.74, 6) is -0.440. The Morgan fingerprint density at radius 2 is 2.18 bits per heavy atom. The van der Waals surface area contributed by atoms with Gasteiger partial charge in [0.15, 0.2) is 0 Å². The van der Waals surface area contributed by atoms with Crippen LogP contribution < -0.4 is 0 Å². The van der Waals surface area contributed by atoms with Gasteiger partial charge in [-0.1, -0.05) is 17.7 Å². The lowest BCUT2D eigenvalue weighted by molar-refractivity contribution is 0.625. The molecule has 0 aliphatic rings. The molecule has 1 aromatic rings. The maximum Gasteiger partial charge on any atom is 0.133 e. The lowest BCUT2D eigenvalue weighted by atomic mass is 10.1. The summed E-state index contributed by atoms with van der Waals surface area (Å²) < 4.78 is 12.9. The first-order chi connectivity index (χ1) is 5.13. The molecule has 0 spiro atoms. The number of hydrogen-bond donors (Lipinski definition) is 1. The Labute approximate surface area is 69.3 Å². The highest BCUT2D eigenvalue weighted by Gasteiger charge is 2.07. The summed E-state index contributed by atoms with van der Waals surface area (Å²) >= 11 is 5.64. The van der Waals surface area contributed by atoms with E-state index in [0.29, 0.717) is 0 Å². The van der Waals surface area contributed by atoms with Gasteiger partial charge in [-0.05, 0) is 19.1 Å². The van der Waals surface area contributed by atoms with Crippen molar-refractivity contribution in [1.82, 2.24) is 0 Å². The van der Waals surface area contributed by atoms with Crippen LogP contribution in [-0.2, 0) is 0 Å². The minimum Gasteiger partial charge on any atom is -0.305 e. The molecular weight excluding hydrogens is 165 g/mol. The van der Waals surface area contributed by atoms with Crippen LogP contribution >= 0.6 is 11.6 Å². The molecule has 0 aromatic heterocycles. The van der Waals surface area contributed by atoms with Crippen LogP contribution in [0.25, 0.3) is 0 Å². The molecule has 0 saturated carbocycles. The summed E-state index contributed by atoms with van der Waals surface area (Å²) in [5.41, 5.74) is 0.335. The average Bonchev–Trinajstić information content (AvgIpc) is 1.85. The zero-order valence-electron chi connectivity index (χ0n) is 5.99. The van der Waals surface area contributed by atoms with Crippen LogP contribution in [0.1, 0.15) is 12.5 Å². The molecule has 3 heteroatoms. The van der Waals surface area contributed by atoms with Gasteiger partial charge < -0.3 is 5.41 Å². The van der Waals surface area contributed by atoms with Crippen molar-refractivity contribution >= 4 is 17.3 Å². The molecule has 1 aromatic carbocycles. The molecule has 1 N–H and O–H groups in total. The molecule has 0 aliphatic heterocycles. The van der Waals surface area contributed by atoms with Crippen molar-refractivity contribution in [1.29, 1.82) is 5.41 Å². The third kappa shape index (κ3) is 1.57. The standard InChI is InChI=1S/C8H7ClFN/c1-5(11)8-6(9)3-2-4-7(8)10/h2-4,11H,1H3. The van der Waals surface area contributed by atoms with Crippen molar-refractivity contribution < 1.29 is 4.39 Å². The van der Waals surface area contributed by atoms with E-state index in [-0.39, 0.29) is 16.3 Å². The molecule has 0 fully saturated rings. The highest BCUT2D eigenvalue weighted by atomic mass is 35.5. The predicted octanol–water partition coefficient (Wildman–Crippen LogP) is 2.87. The van der Waals surface area contributed by atoms with Crippen molar-refractivity contribution in [2.75, 3.05) is 0 Å². The van der Waals surface area contributed by atoms with E-state index in [4.69, 9.17) is 17.0 Å². The first kappa shape index (κ1) is 8.21. The monoisotopic (exact) mass is 171 g/mol. The van der Waals surface area contributed by atoms with Gasteiger partial charge in [0.2, 0.25) is 0 Å². The SMILES string of the molecule is CC(=N)c1c(F)cccc1Cl. The van der Waals surface area contributed by atoms with E-state index >= 15 is 0 Å². The number of nitrogens with one attached hydrogen (secondary N) is 1. The Hall–Kier alpha value is -0.890. The number of halogens is 2. The smallest absolute Gasteiger partial charge is 0.133 e. The van der Waals surface area contributed by atoms with E-state index in [9.17, 15) is 4.39 Å². The molecule has 1 nitrogen and oxygen atoms in total. The Morgan fingerprint density at radius 1 is 1.55 bits per heavy atom. The summed E-state index contributed by atoms with van der Waals surface area (Å²) in [4.78, 5) is 0. The highest BCUT2D eigenvalue weighted by Crippen LogP contribution is 2.18. The summed E-state index contributed by atoms with van der Waals surface area (Å²) in [5, 5.41) is 7.48. The molecule has 0 aliphatic carbocycles. The largest absolute Gasteiger partial charge is 0.305 e. The lowest BCUT2D eigenvalue weighted by Gasteiger charge is -2.01. The van der Waals surface area contributed by atoms with Gasteiger partial charge in [-0.25, -0.2) is 4.39 Å². The second kappa shape index (κ2) is 3.01. The van der Waals surface area contributed by atoms with Gasteiger partial charge in [0.1, 0.15) is 5.82 Å². The van der Waals surface area contributed by atoms with Crippen LogP contribution in [0.5, 0.6) is 0 Å². The highest BCUT2D eigenvalue weighted by molar-refractivity contribution is 6.34. The van der Waals surface area contributed by atoms with E-state index in [1.54, 1.807) is 6.07 Å². The van der Waals surface area contributed by atoms with Crippen molar-refractivity contribution in [3.63, 3.8) is 0 Å². The van der Waals surface area contributed by atoms with Crippen molar-refractivity contribution in [3.8, 4) is 0 Å². The lowest BCUT2D eigenvalue weighted by Crippen LogP contribution is -1.97. The van der Waals surface area contributed by atoms with Crippen molar-refractivity contribution in [3.05, 3.63) is 34.6 Å². The van der Waals surface area contributed by atoms with Crippen LogP contribution in [0.15, 0.2) is 18.2 Å². The van der Waals surface area contributed by atoms with Crippen LogP contribution in [0.2, 0.25) is 5.02 Å². The van der Waals surface area contributed by atoms with E-state index in [2.05, 4.69) is 0 Å². The summed E-state index contributed by atoms with van der Waals surface area (Å²) in [6.45, 7) is 1.50. The number of rotatable bonds is 1. The molecule has 0 heterocycles. The second-order valence-corrected chi connectivity index (χ2v) is 2.63. The normalized spacial score (nSPS) is 9.73. The van der Waals surface area contributed by atoms with Crippen molar-refractivity contribution in [2.24, 2.45) is 0 Å². The topological polar surface area (TPSA) is 23.9 Å². The molecule has 0 atom stereocenters. The zero-order chi connectivity index (χ0) is 8.43. The molecule has 58 valence electrons. The quantitative estimate of drug-likeness (QED) is 0.629. The Kier molecular flexibility index (Phi) is 2.25. The minimum absolute atomic E-state index is 0.146. The van der Waals surface area contributed by atoms with Gasteiger partial charge >= 0.3 is 0 Å². The first-order valence-corrected chi connectivity index (χ1v) is 3.50. The first-order valence-electron chi connectivity index (χ1n) is 3.12. The number of hydrogen-bond acceptors (Lipinski definition) is 1. The summed E-state index contributed by atoms with van der Waals surface area (Å²) in [7, 11) is 0. The van der Waals surface area contributed by atoms with Crippen molar-refractivity contribution in [2.45, 2.75) is 6.92 Å². The van der Waals surface area contributed by atoms with Crippen LogP contribution in [0.4, 0.5) is 4.39 Å². The van der Waals surface area contributed by atoms with Crippen LogP contribution in [0.3, 0.4) is 0 Å². The Bertz CT molecular complexity index is 276. The van der Waals surface area contributed by atoms with E-state index in [1.165, 1.54) is 19.1 Å². The van der Waals surface area contributed by atoms with E-state index < -0.39 is 5.82 Å². The third-order valence-corrected chi connectivity index (χ3v) is 1.65. The molecular formula is C8H7ClFN. The molecule has 0 amide bonds. The molecule has 0 radical (unpaired) electrons. The van der Waals surface area contributed by atoms with Gasteiger partial charge in [0.25, 0.3) is 0 Å². The van der Waals surface area contributed by atoms with Gasteiger partial charge in [-0.2, -0.15) is 0 Å². The van der Waals surface area contributed by atoms with Gasteiger partial charge in [-0.3, -0.25) is 0 Å². The summed E-state index contributed by atoms with van der Waals surface area (Å²) in [6.07, 6.45) is 0. The van der Waals surface area contributed by atoms with Gasteiger partial charge in [-0.15, -0.1) is 0 Å². The fourth-order valence-corrected chi connectivity index (χ4v) is 1.16. The molecule has 11 heavy (non-hydrogen) atoms. The zero-order valence-corrected chi connectivity index (χ0v) is 6.74. The maximum absolute atomic E-state index is 12.9. The second-order valence-electron chi connectivity index (χ2n) is 2.22. The minimum atomic E-state index is -0.440. The van der Waals surface area contributed by atoms with Gasteiger partial charge in [0.05, 0.1) is 5.02 Å². The van der Waals surface area contributed by atoms with Crippen LogP contribution in [-0.4, -0.2) is 5.71 Å². The maximum atomic E-state index is 12.9. The van der Waals surface area contributed by atoms with Crippen LogP contribution in [0, 0.1) is 11.2 Å². The third-order valence-electron chi connectivity index (χ3n) is 1.34. The molecule has 1 rings (SSSR count). The van der Waals surface area contributed by atoms with E-state index in [0.717, 1.165) is 0 Å². The molecule has 0 bridgehead atoms. The molecule has 0 unspecified atom stereocenters. The Morgan fingerprint density at radius 3 is 2.55 bits per heavy atom. The fourth-order valence-electron chi connectivity index (χ4n) is 0.856. The summed E-state index contributed by atoms with van der Waals surface area (Å²) in [6, 6.07) is 4.38. The van der Waals surface area contributed by atoms with Gasteiger partial charge in [0, 0.05) is 11.3 Å². The van der Waals surface area contributed by atoms with E-state index in [1.807, 2.05) is 0 Å².